The van der Waals surface area contributed by atoms with Crippen LogP contribution in [0.15, 0.2) is 0 Å². The minimum atomic E-state index is -2.51. The molecule has 4 unspecified atom stereocenters. The standard InChI is InChI=1S/C38H72O8/c1-3-5-7-9-11-13-15-17-19-21-23-25-27-29-31(39)38(36(44)34(42)33(41)35(43)37(38)45)46-32(40)30-28-26-24-22-20-18-16-14-12-10-8-6-4-2/h33-37,41-45H,3-30H2,1-2H3. The summed E-state index contributed by atoms with van der Waals surface area (Å²) in [4.78, 5) is 26.3. The highest BCUT2D eigenvalue weighted by Crippen LogP contribution is 2.36. The third-order valence-electron chi connectivity index (χ3n) is 9.94. The molecule has 0 bridgehead atoms. The van der Waals surface area contributed by atoms with Gasteiger partial charge in [-0.05, 0) is 12.8 Å². The zero-order chi connectivity index (χ0) is 34.0. The molecule has 1 rings (SSSR count). The molecule has 0 radical (unpaired) electrons. The van der Waals surface area contributed by atoms with Crippen molar-refractivity contribution in [3.8, 4) is 0 Å². The van der Waals surface area contributed by atoms with E-state index in [-0.39, 0.29) is 12.8 Å². The van der Waals surface area contributed by atoms with Crippen LogP contribution in [0, 0.1) is 0 Å². The van der Waals surface area contributed by atoms with Crippen molar-refractivity contribution in [1.82, 2.24) is 0 Å². The lowest BCUT2D eigenvalue weighted by Gasteiger charge is -2.48. The molecule has 0 aromatic carbocycles. The van der Waals surface area contributed by atoms with Crippen LogP contribution in [-0.2, 0) is 14.3 Å². The van der Waals surface area contributed by atoms with E-state index in [0.29, 0.717) is 12.8 Å². The Morgan fingerprint density at radius 1 is 0.435 bits per heavy atom. The van der Waals surface area contributed by atoms with Crippen LogP contribution >= 0.6 is 0 Å². The summed E-state index contributed by atoms with van der Waals surface area (Å²) in [6, 6.07) is 0. The Bertz CT molecular complexity index is 743. The van der Waals surface area contributed by atoms with Crippen LogP contribution in [0.5, 0.6) is 0 Å². The molecule has 5 N–H and O–H groups in total. The summed E-state index contributed by atoms with van der Waals surface area (Å²) < 4.78 is 5.51. The van der Waals surface area contributed by atoms with Crippen LogP contribution < -0.4 is 0 Å². The molecule has 1 aliphatic carbocycles. The van der Waals surface area contributed by atoms with Crippen molar-refractivity contribution in [1.29, 1.82) is 0 Å². The maximum absolute atomic E-state index is 13.5. The molecule has 1 saturated carbocycles. The van der Waals surface area contributed by atoms with Gasteiger partial charge >= 0.3 is 5.97 Å². The Balaban J connectivity index is 2.43. The smallest absolute Gasteiger partial charge is 0.306 e. The number of hydrogen-bond donors (Lipinski definition) is 5. The Labute approximate surface area is 281 Å². The fourth-order valence-corrected chi connectivity index (χ4v) is 6.79. The predicted octanol–water partition coefficient (Wildman–Crippen LogP) is 7.62. The predicted molar refractivity (Wildman–Crippen MR) is 184 cm³/mol. The Morgan fingerprint density at radius 3 is 1.04 bits per heavy atom. The van der Waals surface area contributed by atoms with Gasteiger partial charge in [-0.2, -0.15) is 0 Å². The number of rotatable bonds is 30. The lowest BCUT2D eigenvalue weighted by atomic mass is 9.71. The van der Waals surface area contributed by atoms with Gasteiger partial charge in [0.05, 0.1) is 0 Å². The molecule has 0 aromatic heterocycles. The second-order valence-corrected chi connectivity index (χ2v) is 14.0. The van der Waals surface area contributed by atoms with Crippen molar-refractivity contribution in [2.45, 2.75) is 230 Å². The lowest BCUT2D eigenvalue weighted by Crippen LogP contribution is -2.74. The van der Waals surface area contributed by atoms with E-state index in [2.05, 4.69) is 13.8 Å². The van der Waals surface area contributed by atoms with Gasteiger partial charge in [-0.1, -0.05) is 168 Å². The summed E-state index contributed by atoms with van der Waals surface area (Å²) >= 11 is 0. The average Bonchev–Trinajstić information content (AvgIpc) is 3.05. The largest absolute Gasteiger partial charge is 0.445 e. The maximum atomic E-state index is 13.5. The van der Waals surface area contributed by atoms with Crippen LogP contribution in [0.25, 0.3) is 0 Å². The zero-order valence-electron chi connectivity index (χ0n) is 29.6. The van der Waals surface area contributed by atoms with Crippen molar-refractivity contribution in [2.24, 2.45) is 0 Å². The molecular weight excluding hydrogens is 584 g/mol. The number of carbonyl (C=O) groups is 2. The van der Waals surface area contributed by atoms with Crippen molar-refractivity contribution < 1.29 is 39.9 Å². The van der Waals surface area contributed by atoms with E-state index in [0.717, 1.165) is 44.9 Å². The van der Waals surface area contributed by atoms with E-state index in [1.807, 2.05) is 0 Å². The summed E-state index contributed by atoms with van der Waals surface area (Å²) in [5, 5.41) is 52.6. The van der Waals surface area contributed by atoms with E-state index >= 15 is 0 Å². The summed E-state index contributed by atoms with van der Waals surface area (Å²) in [6.07, 6.45) is 19.8. The van der Waals surface area contributed by atoms with E-state index in [9.17, 15) is 35.1 Å². The fourth-order valence-electron chi connectivity index (χ4n) is 6.79. The summed E-state index contributed by atoms with van der Waals surface area (Å²) in [7, 11) is 0. The Morgan fingerprint density at radius 2 is 0.717 bits per heavy atom. The van der Waals surface area contributed by atoms with Crippen LogP contribution in [0.3, 0.4) is 0 Å². The van der Waals surface area contributed by atoms with E-state index in [1.54, 1.807) is 0 Å². The number of ketones is 1. The monoisotopic (exact) mass is 657 g/mol. The molecule has 1 aliphatic rings. The summed E-state index contributed by atoms with van der Waals surface area (Å²) in [5.41, 5.74) is -2.51. The molecule has 0 spiro atoms. The first kappa shape index (κ1) is 43.0. The molecule has 0 aliphatic heterocycles. The first-order chi connectivity index (χ1) is 22.2. The Hall–Kier alpha value is -1.06. The van der Waals surface area contributed by atoms with Gasteiger partial charge < -0.3 is 30.3 Å². The first-order valence-electron chi connectivity index (χ1n) is 19.4. The molecular formula is C38H72O8. The number of unbranched alkanes of at least 4 members (excludes halogenated alkanes) is 24. The van der Waals surface area contributed by atoms with Crippen LogP contribution in [0.4, 0.5) is 0 Å². The highest BCUT2D eigenvalue weighted by atomic mass is 16.6. The zero-order valence-corrected chi connectivity index (χ0v) is 29.6. The van der Waals surface area contributed by atoms with Gasteiger partial charge in [-0.15, -0.1) is 0 Å². The first-order valence-corrected chi connectivity index (χ1v) is 19.4. The van der Waals surface area contributed by atoms with Crippen molar-refractivity contribution >= 4 is 11.8 Å². The van der Waals surface area contributed by atoms with Crippen molar-refractivity contribution in [3.63, 3.8) is 0 Å². The topological polar surface area (TPSA) is 145 Å². The van der Waals surface area contributed by atoms with Gasteiger partial charge in [-0.3, -0.25) is 9.59 Å². The van der Waals surface area contributed by atoms with E-state index in [1.165, 1.54) is 109 Å². The SMILES string of the molecule is CCCCCCCCCCCCCCCC(=O)OC1(C(=O)CCCCCCCCCCCCCCC)C(O)C(O)C(O)C(O)C1O. The second kappa shape index (κ2) is 26.8. The van der Waals surface area contributed by atoms with Gasteiger partial charge in [0.25, 0.3) is 0 Å². The molecule has 0 aromatic rings. The molecule has 1 fully saturated rings. The van der Waals surface area contributed by atoms with Gasteiger partial charge in [0, 0.05) is 12.8 Å². The molecule has 0 saturated heterocycles. The molecule has 46 heavy (non-hydrogen) atoms. The number of ether oxygens (including phenoxy) is 1. The molecule has 272 valence electrons. The molecule has 0 heterocycles. The number of carbonyl (C=O) groups excluding carboxylic acids is 2. The number of esters is 1. The number of hydrogen-bond acceptors (Lipinski definition) is 8. The number of aliphatic hydroxyl groups excluding tert-OH is 5. The molecule has 4 atom stereocenters. The average molecular weight is 657 g/mol. The van der Waals surface area contributed by atoms with Gasteiger partial charge in [0.1, 0.15) is 30.5 Å². The normalized spacial score (nSPS) is 24.7. The molecule has 8 heteroatoms. The van der Waals surface area contributed by atoms with Gasteiger partial charge in [-0.25, -0.2) is 0 Å². The number of Topliss-reactive ketones (excluding diaryl/α,β-unsaturated/α-hetero) is 1. The van der Waals surface area contributed by atoms with E-state index < -0.39 is 47.9 Å². The van der Waals surface area contributed by atoms with Crippen LogP contribution in [-0.4, -0.2) is 73.4 Å². The van der Waals surface area contributed by atoms with Crippen LogP contribution in [0.2, 0.25) is 0 Å². The summed E-state index contributed by atoms with van der Waals surface area (Å²) in [6.45, 7) is 4.46. The summed E-state index contributed by atoms with van der Waals surface area (Å²) in [5.74, 6) is -1.50. The minimum Gasteiger partial charge on any atom is -0.445 e. The van der Waals surface area contributed by atoms with Crippen LogP contribution in [0.1, 0.15) is 194 Å². The third kappa shape index (κ3) is 16.4. The number of aliphatic hydroxyl groups is 5. The Kier molecular flexibility index (Phi) is 25.1. The van der Waals surface area contributed by atoms with Crippen molar-refractivity contribution in [3.05, 3.63) is 0 Å². The lowest BCUT2D eigenvalue weighted by molar-refractivity contribution is -0.267. The molecule has 0 amide bonds. The second-order valence-electron chi connectivity index (χ2n) is 14.0. The van der Waals surface area contributed by atoms with Crippen molar-refractivity contribution in [2.75, 3.05) is 0 Å². The van der Waals surface area contributed by atoms with Gasteiger partial charge in [0.2, 0.25) is 5.60 Å². The highest BCUT2D eigenvalue weighted by molar-refractivity contribution is 5.91. The van der Waals surface area contributed by atoms with E-state index in [4.69, 9.17) is 4.74 Å². The maximum Gasteiger partial charge on any atom is 0.306 e. The minimum absolute atomic E-state index is 0.000284. The highest BCUT2D eigenvalue weighted by Gasteiger charge is 2.64. The van der Waals surface area contributed by atoms with Gasteiger partial charge in [0.15, 0.2) is 5.78 Å². The molecule has 8 nitrogen and oxygen atoms in total. The third-order valence-corrected chi connectivity index (χ3v) is 9.94. The quantitative estimate of drug-likeness (QED) is 0.0392. The fraction of sp³-hybridized carbons (Fsp3) is 0.947.